The number of rotatable bonds is 6. The molecule has 1 atom stereocenters. The Hall–Kier alpha value is -2.67. The van der Waals surface area contributed by atoms with Gasteiger partial charge in [0.2, 0.25) is 5.91 Å². The van der Waals surface area contributed by atoms with Crippen LogP contribution in [-0.4, -0.2) is 40.0 Å². The Morgan fingerprint density at radius 1 is 1.24 bits per heavy atom. The summed E-state index contributed by atoms with van der Waals surface area (Å²) in [7, 11) is 1.51. The van der Waals surface area contributed by atoms with Crippen molar-refractivity contribution in [1.82, 2.24) is 20.2 Å². The van der Waals surface area contributed by atoms with Crippen molar-refractivity contribution in [3.63, 3.8) is 0 Å². The molecule has 1 aromatic carbocycles. The van der Waals surface area contributed by atoms with E-state index < -0.39 is 12.1 Å². The summed E-state index contributed by atoms with van der Waals surface area (Å²) in [6.45, 7) is 1.88. The van der Waals surface area contributed by atoms with E-state index >= 15 is 0 Å². The Bertz CT molecular complexity index is 727. The van der Waals surface area contributed by atoms with Crippen LogP contribution in [0.25, 0.3) is 0 Å². The normalized spacial score (nSPS) is 11.5. The van der Waals surface area contributed by atoms with E-state index in [1.54, 1.807) is 6.92 Å². The average Bonchev–Trinajstić information content (AvgIpc) is 2.64. The molecule has 1 heterocycles. The number of benzene rings is 1. The zero-order valence-corrected chi connectivity index (χ0v) is 14.7. The highest BCUT2D eigenvalue weighted by molar-refractivity contribution is 6.29. The quantitative estimate of drug-likeness (QED) is 0.853. The van der Waals surface area contributed by atoms with Gasteiger partial charge in [0, 0.05) is 19.4 Å². The predicted octanol–water partition coefficient (Wildman–Crippen LogP) is 2.40. The number of halogens is 1. The molecule has 0 aliphatic rings. The number of carbonyl (C=O) groups is 2. The molecule has 1 unspecified atom stereocenters. The molecular weight excluding hydrogens is 344 g/mol. The molecule has 0 aliphatic heterocycles. The molecule has 0 saturated carbocycles. The summed E-state index contributed by atoms with van der Waals surface area (Å²) >= 11 is 5.89. The van der Waals surface area contributed by atoms with Crippen molar-refractivity contribution in [1.29, 1.82) is 0 Å². The molecule has 1 N–H and O–H groups in total. The fourth-order valence-electron chi connectivity index (χ4n) is 1.94. The van der Waals surface area contributed by atoms with Crippen molar-refractivity contribution < 1.29 is 14.3 Å². The highest BCUT2D eigenvalue weighted by Gasteiger charge is 2.23. The highest BCUT2D eigenvalue weighted by atomic mass is 35.5. The molecule has 1 aromatic heterocycles. The predicted molar refractivity (Wildman–Crippen MR) is 92.7 cm³/mol. The zero-order valence-electron chi connectivity index (χ0n) is 14.0. The number of nitrogens with one attached hydrogen (secondary N) is 1. The van der Waals surface area contributed by atoms with Crippen molar-refractivity contribution >= 4 is 23.6 Å². The van der Waals surface area contributed by atoms with Gasteiger partial charge in [0.15, 0.2) is 5.15 Å². The molecule has 8 heteroatoms. The lowest BCUT2D eigenvalue weighted by atomic mass is 10.2. The number of amides is 2. The van der Waals surface area contributed by atoms with Crippen LogP contribution in [-0.2, 0) is 22.7 Å². The lowest BCUT2D eigenvalue weighted by Gasteiger charge is -2.23. The van der Waals surface area contributed by atoms with Gasteiger partial charge in [-0.05, 0) is 12.5 Å². The van der Waals surface area contributed by atoms with Gasteiger partial charge in [-0.3, -0.25) is 14.7 Å². The van der Waals surface area contributed by atoms with Crippen molar-refractivity contribution in [3.8, 4) is 0 Å². The summed E-state index contributed by atoms with van der Waals surface area (Å²) < 4.78 is 5.21. The molecule has 7 nitrogen and oxygen atoms in total. The summed E-state index contributed by atoms with van der Waals surface area (Å²) in [4.78, 5) is 33.4. The molecule has 2 amide bonds. The first kappa shape index (κ1) is 18.7. The van der Waals surface area contributed by atoms with Gasteiger partial charge in [0.25, 0.3) is 0 Å². The lowest BCUT2D eigenvalue weighted by molar-refractivity contribution is -0.125. The third-order valence-electron chi connectivity index (χ3n) is 3.61. The highest BCUT2D eigenvalue weighted by Crippen LogP contribution is 2.09. The molecule has 132 valence electrons. The van der Waals surface area contributed by atoms with Crippen molar-refractivity contribution in [3.05, 3.63) is 59.1 Å². The zero-order chi connectivity index (χ0) is 18.2. The van der Waals surface area contributed by atoms with Gasteiger partial charge in [-0.15, -0.1) is 0 Å². The minimum absolute atomic E-state index is 0.128. The van der Waals surface area contributed by atoms with Crippen LogP contribution in [0.3, 0.4) is 0 Å². The van der Waals surface area contributed by atoms with E-state index in [1.165, 1.54) is 24.3 Å². The summed E-state index contributed by atoms with van der Waals surface area (Å²) in [5, 5.41) is 2.90. The first-order valence-electron chi connectivity index (χ1n) is 7.65. The van der Waals surface area contributed by atoms with Gasteiger partial charge >= 0.3 is 6.09 Å². The van der Waals surface area contributed by atoms with Crippen LogP contribution in [0.5, 0.6) is 0 Å². The number of hydrogen-bond donors (Lipinski definition) is 1. The Morgan fingerprint density at radius 2 is 1.92 bits per heavy atom. The minimum Gasteiger partial charge on any atom is -0.445 e. The molecule has 2 rings (SSSR count). The number of hydrogen-bond acceptors (Lipinski definition) is 5. The number of carbonyl (C=O) groups excluding carboxylic acids is 2. The maximum atomic E-state index is 12.2. The van der Waals surface area contributed by atoms with Crippen LogP contribution in [0.4, 0.5) is 4.79 Å². The van der Waals surface area contributed by atoms with E-state index in [0.29, 0.717) is 5.69 Å². The Kier molecular flexibility index (Phi) is 6.71. The third kappa shape index (κ3) is 5.42. The molecule has 0 saturated heterocycles. The Morgan fingerprint density at radius 3 is 2.60 bits per heavy atom. The summed E-state index contributed by atoms with van der Waals surface area (Å²) in [5.74, 6) is -0.346. The number of aromatic nitrogens is 2. The summed E-state index contributed by atoms with van der Waals surface area (Å²) in [5.41, 5.74) is 1.33. The van der Waals surface area contributed by atoms with Crippen LogP contribution >= 0.6 is 11.6 Å². The molecule has 0 aliphatic carbocycles. The van der Waals surface area contributed by atoms with Gasteiger partial charge in [-0.2, -0.15) is 0 Å². The van der Waals surface area contributed by atoms with Crippen molar-refractivity contribution in [2.45, 2.75) is 26.1 Å². The molecular formula is C17H19ClN4O3. The molecule has 25 heavy (non-hydrogen) atoms. The van der Waals surface area contributed by atoms with Crippen LogP contribution < -0.4 is 5.32 Å². The van der Waals surface area contributed by atoms with E-state index in [2.05, 4.69) is 15.3 Å². The van der Waals surface area contributed by atoms with Crippen LogP contribution in [0.1, 0.15) is 18.2 Å². The largest absolute Gasteiger partial charge is 0.445 e. The van der Waals surface area contributed by atoms with Gasteiger partial charge in [0.1, 0.15) is 12.6 Å². The minimum atomic E-state index is -0.710. The van der Waals surface area contributed by atoms with Crippen LogP contribution in [0.15, 0.2) is 42.7 Å². The standard InChI is InChI=1S/C17H19ClN4O3/c1-12(16(23)21-10-14-15(18)20-9-8-19-14)22(2)17(24)25-11-13-6-4-3-5-7-13/h3-9,12H,10-11H2,1-2H3,(H,21,23). The number of nitrogens with zero attached hydrogens (tertiary/aromatic N) is 3. The second-order valence-electron chi connectivity index (χ2n) is 5.34. The van der Waals surface area contributed by atoms with E-state index in [9.17, 15) is 9.59 Å². The van der Waals surface area contributed by atoms with E-state index in [4.69, 9.17) is 16.3 Å². The van der Waals surface area contributed by atoms with E-state index in [1.807, 2.05) is 30.3 Å². The molecule has 0 bridgehead atoms. The second kappa shape index (κ2) is 8.98. The molecule has 0 fully saturated rings. The van der Waals surface area contributed by atoms with Gasteiger partial charge in [-0.25, -0.2) is 9.78 Å². The Balaban J connectivity index is 1.83. The smallest absolute Gasteiger partial charge is 0.410 e. The van der Waals surface area contributed by atoms with E-state index in [-0.39, 0.29) is 24.2 Å². The van der Waals surface area contributed by atoms with Crippen molar-refractivity contribution in [2.24, 2.45) is 0 Å². The first-order chi connectivity index (χ1) is 12.0. The fraction of sp³-hybridized carbons (Fsp3) is 0.294. The second-order valence-corrected chi connectivity index (χ2v) is 5.70. The molecule has 0 radical (unpaired) electrons. The van der Waals surface area contributed by atoms with Gasteiger partial charge < -0.3 is 10.1 Å². The van der Waals surface area contributed by atoms with Crippen LogP contribution in [0.2, 0.25) is 5.15 Å². The first-order valence-corrected chi connectivity index (χ1v) is 8.03. The lowest BCUT2D eigenvalue weighted by Crippen LogP contribution is -2.45. The van der Waals surface area contributed by atoms with E-state index in [0.717, 1.165) is 5.56 Å². The number of likely N-dealkylation sites (N-methyl/N-ethyl adjacent to an activating group) is 1. The maximum Gasteiger partial charge on any atom is 0.410 e. The van der Waals surface area contributed by atoms with Crippen LogP contribution in [0, 0.1) is 0 Å². The monoisotopic (exact) mass is 362 g/mol. The topological polar surface area (TPSA) is 84.4 Å². The Labute approximate surface area is 151 Å². The molecule has 2 aromatic rings. The van der Waals surface area contributed by atoms with Gasteiger partial charge in [0.05, 0.1) is 12.2 Å². The molecule has 0 spiro atoms. The van der Waals surface area contributed by atoms with Crippen molar-refractivity contribution in [2.75, 3.05) is 7.05 Å². The fourth-order valence-corrected chi connectivity index (χ4v) is 2.11. The summed E-state index contributed by atoms with van der Waals surface area (Å²) in [6, 6.07) is 8.61. The average molecular weight is 363 g/mol. The third-order valence-corrected chi connectivity index (χ3v) is 3.92. The SMILES string of the molecule is CC(C(=O)NCc1nccnc1Cl)N(C)C(=O)OCc1ccccc1. The maximum absolute atomic E-state index is 12.2. The van der Waals surface area contributed by atoms with Gasteiger partial charge in [-0.1, -0.05) is 41.9 Å². The number of ether oxygens (including phenoxy) is 1. The summed E-state index contributed by atoms with van der Waals surface area (Å²) in [6.07, 6.45) is 2.38.